The first-order valence-corrected chi connectivity index (χ1v) is 11.6. The smallest absolute Gasteiger partial charge is 0.238 e. The first-order valence-electron chi connectivity index (χ1n) is 8.86. The number of thioether (sulfide) groups is 1. The summed E-state index contributed by atoms with van der Waals surface area (Å²) in [5.74, 6) is 1.01. The fourth-order valence-corrected chi connectivity index (χ4v) is 5.03. The summed E-state index contributed by atoms with van der Waals surface area (Å²) < 4.78 is 23.6. The SMILES string of the molecule is NS(=O)(=O)c1cccc2c1C(=O)C=C(Nc1cncc(N3CCSCC3)c1)C2=O. The molecular weight excluding hydrogens is 412 g/mol. The average Bonchev–Trinajstić information content (AvgIpc) is 2.71. The third kappa shape index (κ3) is 3.91. The predicted octanol–water partition coefficient (Wildman–Crippen LogP) is 1.66. The number of hydrogen-bond donors (Lipinski definition) is 2. The topological polar surface area (TPSA) is 122 Å². The number of Topliss-reactive ketones (excluding diaryl/α,β-unsaturated/α-hetero) is 1. The number of benzene rings is 1. The van der Waals surface area contributed by atoms with E-state index in [4.69, 9.17) is 5.14 Å². The van der Waals surface area contributed by atoms with E-state index in [0.29, 0.717) is 5.69 Å². The summed E-state index contributed by atoms with van der Waals surface area (Å²) in [6.45, 7) is 1.83. The molecule has 0 bridgehead atoms. The van der Waals surface area contributed by atoms with Gasteiger partial charge in [-0.3, -0.25) is 14.6 Å². The normalized spacial score (nSPS) is 17.0. The van der Waals surface area contributed by atoms with Crippen molar-refractivity contribution in [2.45, 2.75) is 4.90 Å². The molecule has 0 spiro atoms. The molecule has 1 aromatic carbocycles. The van der Waals surface area contributed by atoms with Gasteiger partial charge in [0.1, 0.15) is 0 Å². The molecule has 0 amide bonds. The molecule has 2 heterocycles. The molecule has 0 radical (unpaired) electrons. The molecule has 1 aromatic heterocycles. The van der Waals surface area contributed by atoms with Gasteiger partial charge in [-0.25, -0.2) is 13.6 Å². The van der Waals surface area contributed by atoms with Crippen LogP contribution in [0.3, 0.4) is 0 Å². The number of nitrogens with one attached hydrogen (secondary N) is 1. The molecule has 3 N–H and O–H groups in total. The number of carbonyl (C=O) groups is 2. The Morgan fingerprint density at radius 1 is 1.14 bits per heavy atom. The molecular formula is C19H18N4O4S2. The number of primary sulfonamides is 1. The molecule has 4 rings (SSSR count). The van der Waals surface area contributed by atoms with Gasteiger partial charge in [0.15, 0.2) is 5.78 Å². The highest BCUT2D eigenvalue weighted by Gasteiger charge is 2.31. The van der Waals surface area contributed by atoms with E-state index < -0.39 is 21.6 Å². The summed E-state index contributed by atoms with van der Waals surface area (Å²) in [5, 5.41) is 8.15. The third-order valence-corrected chi connectivity index (χ3v) is 6.62. The number of carbonyl (C=O) groups excluding carboxylic acids is 2. The standard InChI is InChI=1S/C19H18N4O4S2/c20-29(26,27)17-3-1-2-14-18(17)16(24)9-15(19(14)25)22-12-8-13(11-21-10-12)23-4-6-28-7-5-23/h1-3,8-11,22H,4-7H2,(H2,20,26,27). The van der Waals surface area contributed by atoms with Crippen molar-refractivity contribution in [3.63, 3.8) is 0 Å². The van der Waals surface area contributed by atoms with E-state index in [9.17, 15) is 18.0 Å². The van der Waals surface area contributed by atoms with Crippen LogP contribution in [0.1, 0.15) is 20.7 Å². The third-order valence-electron chi connectivity index (χ3n) is 4.72. The summed E-state index contributed by atoms with van der Waals surface area (Å²) in [5.41, 5.74) is 1.37. The van der Waals surface area contributed by atoms with Gasteiger partial charge in [0.2, 0.25) is 15.8 Å². The lowest BCUT2D eigenvalue weighted by Crippen LogP contribution is -2.32. The number of fused-ring (bicyclic) bond motifs is 1. The zero-order valence-electron chi connectivity index (χ0n) is 15.3. The van der Waals surface area contributed by atoms with E-state index >= 15 is 0 Å². The fourth-order valence-electron chi connectivity index (χ4n) is 3.36. The summed E-state index contributed by atoms with van der Waals surface area (Å²) in [6, 6.07) is 5.90. The van der Waals surface area contributed by atoms with Gasteiger partial charge in [-0.15, -0.1) is 0 Å². The highest BCUT2D eigenvalue weighted by Crippen LogP contribution is 2.28. The van der Waals surface area contributed by atoms with E-state index in [2.05, 4.69) is 15.2 Å². The molecule has 2 aliphatic rings. The maximum Gasteiger partial charge on any atom is 0.238 e. The van der Waals surface area contributed by atoms with E-state index in [-0.39, 0.29) is 21.7 Å². The van der Waals surface area contributed by atoms with Gasteiger partial charge in [-0.1, -0.05) is 12.1 Å². The first kappa shape index (κ1) is 19.6. The van der Waals surface area contributed by atoms with Crippen LogP contribution in [0.2, 0.25) is 0 Å². The molecule has 0 saturated carbocycles. The molecule has 1 saturated heterocycles. The molecule has 2 aromatic rings. The van der Waals surface area contributed by atoms with Crippen LogP contribution in [0.4, 0.5) is 11.4 Å². The average molecular weight is 431 g/mol. The Balaban J connectivity index is 1.64. The number of nitrogens with two attached hydrogens (primary N) is 1. The summed E-state index contributed by atoms with van der Waals surface area (Å²) in [6.07, 6.45) is 4.43. The Labute approximate surface area is 172 Å². The monoisotopic (exact) mass is 430 g/mol. The lowest BCUT2D eigenvalue weighted by Gasteiger charge is -2.28. The van der Waals surface area contributed by atoms with E-state index in [1.807, 2.05) is 17.8 Å². The number of anilines is 2. The second-order valence-corrected chi connectivity index (χ2v) is 9.39. The van der Waals surface area contributed by atoms with Gasteiger partial charge in [0.05, 0.1) is 39.9 Å². The Morgan fingerprint density at radius 2 is 1.90 bits per heavy atom. The van der Waals surface area contributed by atoms with Crippen molar-refractivity contribution < 1.29 is 18.0 Å². The van der Waals surface area contributed by atoms with Gasteiger partial charge < -0.3 is 10.2 Å². The van der Waals surface area contributed by atoms with Crippen LogP contribution in [0.25, 0.3) is 0 Å². The van der Waals surface area contributed by atoms with Crippen LogP contribution in [0.15, 0.2) is 53.3 Å². The van der Waals surface area contributed by atoms with Crippen molar-refractivity contribution in [1.82, 2.24) is 4.98 Å². The minimum atomic E-state index is -4.14. The van der Waals surface area contributed by atoms with E-state index in [0.717, 1.165) is 36.4 Å². The quantitative estimate of drug-likeness (QED) is 0.751. The van der Waals surface area contributed by atoms with Crippen molar-refractivity contribution >= 4 is 44.7 Å². The minimum Gasteiger partial charge on any atom is -0.369 e. The number of ketones is 2. The Morgan fingerprint density at radius 3 is 2.62 bits per heavy atom. The lowest BCUT2D eigenvalue weighted by atomic mass is 9.92. The van der Waals surface area contributed by atoms with E-state index in [1.54, 1.807) is 12.4 Å². The lowest BCUT2D eigenvalue weighted by molar-refractivity contribution is 0.0983. The van der Waals surface area contributed by atoms with Crippen LogP contribution in [-0.4, -0.2) is 49.6 Å². The van der Waals surface area contributed by atoms with E-state index in [1.165, 1.54) is 18.2 Å². The Hall–Kier alpha value is -2.69. The number of aromatic nitrogens is 1. The number of rotatable bonds is 4. The van der Waals surface area contributed by atoms with Crippen LogP contribution < -0.4 is 15.4 Å². The van der Waals surface area contributed by atoms with Crippen LogP contribution in [-0.2, 0) is 10.0 Å². The Kier molecular flexibility index (Phi) is 5.15. The van der Waals surface area contributed by atoms with Crippen molar-refractivity contribution in [2.75, 3.05) is 34.8 Å². The molecule has 29 heavy (non-hydrogen) atoms. The summed E-state index contributed by atoms with van der Waals surface area (Å²) in [4.78, 5) is 31.6. The van der Waals surface area contributed by atoms with Crippen LogP contribution in [0.5, 0.6) is 0 Å². The molecule has 1 fully saturated rings. The van der Waals surface area contributed by atoms with Crippen LogP contribution >= 0.6 is 11.8 Å². The van der Waals surface area contributed by atoms with Crippen LogP contribution in [0, 0.1) is 0 Å². The van der Waals surface area contributed by atoms with Gasteiger partial charge in [-0.2, -0.15) is 11.8 Å². The number of sulfonamides is 1. The minimum absolute atomic E-state index is 0.00342. The van der Waals surface area contributed by atoms with Gasteiger partial charge >= 0.3 is 0 Å². The molecule has 1 aliphatic heterocycles. The first-order chi connectivity index (χ1) is 13.8. The second kappa shape index (κ2) is 7.62. The van der Waals surface area contributed by atoms with Crippen molar-refractivity contribution in [2.24, 2.45) is 5.14 Å². The number of nitrogens with zero attached hydrogens (tertiary/aromatic N) is 2. The maximum atomic E-state index is 12.9. The molecule has 0 atom stereocenters. The molecule has 10 heteroatoms. The predicted molar refractivity (Wildman–Crippen MR) is 112 cm³/mol. The molecule has 8 nitrogen and oxygen atoms in total. The zero-order chi connectivity index (χ0) is 20.6. The zero-order valence-corrected chi connectivity index (χ0v) is 16.9. The molecule has 1 aliphatic carbocycles. The fraction of sp³-hybridized carbons (Fsp3) is 0.211. The molecule has 150 valence electrons. The highest BCUT2D eigenvalue weighted by atomic mass is 32.2. The maximum absolute atomic E-state index is 12.9. The summed E-state index contributed by atoms with van der Waals surface area (Å²) in [7, 11) is -4.14. The number of hydrogen-bond acceptors (Lipinski definition) is 8. The second-order valence-electron chi connectivity index (χ2n) is 6.63. The van der Waals surface area contributed by atoms with Crippen molar-refractivity contribution in [3.8, 4) is 0 Å². The molecule has 0 unspecified atom stereocenters. The number of pyridine rings is 1. The highest BCUT2D eigenvalue weighted by molar-refractivity contribution is 7.99. The van der Waals surface area contributed by atoms with Crippen molar-refractivity contribution in [1.29, 1.82) is 0 Å². The summed E-state index contributed by atoms with van der Waals surface area (Å²) >= 11 is 1.90. The van der Waals surface area contributed by atoms with Gasteiger partial charge in [-0.05, 0) is 12.1 Å². The number of allylic oxidation sites excluding steroid dienone is 2. The van der Waals surface area contributed by atoms with Crippen molar-refractivity contribution in [3.05, 3.63) is 59.6 Å². The van der Waals surface area contributed by atoms with Gasteiger partial charge in [0, 0.05) is 36.2 Å². The Bertz CT molecular complexity index is 1140. The largest absolute Gasteiger partial charge is 0.369 e. The van der Waals surface area contributed by atoms with Gasteiger partial charge in [0.25, 0.3) is 0 Å².